The molecular formula is C11H20O3. The van der Waals surface area contributed by atoms with Crippen molar-refractivity contribution < 1.29 is 15.3 Å². The molecule has 3 nitrogen and oxygen atoms in total. The van der Waals surface area contributed by atoms with Crippen LogP contribution in [-0.2, 0) is 0 Å². The summed E-state index contributed by atoms with van der Waals surface area (Å²) in [5.41, 5.74) is -1.70. The lowest BCUT2D eigenvalue weighted by atomic mass is 9.64. The summed E-state index contributed by atoms with van der Waals surface area (Å²) in [6.07, 6.45) is -0.921. The van der Waals surface area contributed by atoms with Gasteiger partial charge in [-0.05, 0) is 24.7 Å². The third kappa shape index (κ3) is 0.765. The highest BCUT2D eigenvalue weighted by Gasteiger charge is 2.74. The van der Waals surface area contributed by atoms with Crippen LogP contribution in [0.4, 0.5) is 0 Å². The molecule has 0 radical (unpaired) electrons. The fraction of sp³-hybridized carbons (Fsp3) is 1.00. The minimum Gasteiger partial charge on any atom is -0.390 e. The normalized spacial score (nSPS) is 60.6. The van der Waals surface area contributed by atoms with Crippen molar-refractivity contribution in [3.05, 3.63) is 0 Å². The van der Waals surface area contributed by atoms with E-state index in [-0.39, 0.29) is 11.3 Å². The van der Waals surface area contributed by atoms with Gasteiger partial charge in [-0.2, -0.15) is 0 Å². The van der Waals surface area contributed by atoms with E-state index in [4.69, 9.17) is 0 Å². The molecule has 0 aromatic heterocycles. The van der Waals surface area contributed by atoms with Gasteiger partial charge < -0.3 is 15.3 Å². The van der Waals surface area contributed by atoms with Crippen molar-refractivity contribution >= 4 is 0 Å². The first-order valence-electron chi connectivity index (χ1n) is 5.25. The molecule has 14 heavy (non-hydrogen) atoms. The van der Waals surface area contributed by atoms with Crippen molar-refractivity contribution in [2.75, 3.05) is 0 Å². The summed E-state index contributed by atoms with van der Waals surface area (Å²) in [6, 6.07) is 0. The summed E-state index contributed by atoms with van der Waals surface area (Å²) >= 11 is 0. The molecule has 0 aliphatic heterocycles. The Morgan fingerprint density at radius 2 is 1.57 bits per heavy atom. The lowest BCUT2D eigenvalue weighted by molar-refractivity contribution is -0.160. The molecule has 2 aliphatic carbocycles. The fourth-order valence-electron chi connectivity index (χ4n) is 3.78. The quantitative estimate of drug-likeness (QED) is 0.534. The van der Waals surface area contributed by atoms with Crippen LogP contribution in [0, 0.1) is 16.7 Å². The molecule has 3 heteroatoms. The summed E-state index contributed by atoms with van der Waals surface area (Å²) < 4.78 is 0. The van der Waals surface area contributed by atoms with E-state index in [9.17, 15) is 15.3 Å². The van der Waals surface area contributed by atoms with Gasteiger partial charge in [-0.3, -0.25) is 0 Å². The Labute approximate surface area is 84.8 Å². The largest absolute Gasteiger partial charge is 0.390 e. The maximum atomic E-state index is 10.3. The van der Waals surface area contributed by atoms with Crippen LogP contribution in [0.1, 0.15) is 34.1 Å². The van der Waals surface area contributed by atoms with E-state index in [2.05, 4.69) is 0 Å². The Balaban J connectivity index is 2.55. The monoisotopic (exact) mass is 200 g/mol. The Kier molecular flexibility index (Phi) is 1.74. The van der Waals surface area contributed by atoms with Gasteiger partial charge >= 0.3 is 0 Å². The highest BCUT2D eigenvalue weighted by molar-refractivity contribution is 5.23. The molecule has 2 saturated carbocycles. The summed E-state index contributed by atoms with van der Waals surface area (Å²) in [6.45, 7) is 7.70. The number of aliphatic hydroxyl groups is 3. The van der Waals surface area contributed by atoms with Crippen molar-refractivity contribution in [2.24, 2.45) is 16.7 Å². The van der Waals surface area contributed by atoms with Crippen LogP contribution in [0.25, 0.3) is 0 Å². The molecule has 0 heterocycles. The molecule has 82 valence electrons. The Hall–Kier alpha value is -0.120. The van der Waals surface area contributed by atoms with E-state index in [0.29, 0.717) is 6.42 Å². The topological polar surface area (TPSA) is 60.7 Å². The molecule has 2 aliphatic rings. The van der Waals surface area contributed by atoms with Gasteiger partial charge in [0.1, 0.15) is 0 Å². The Bertz CT molecular complexity index is 272. The molecule has 3 N–H and O–H groups in total. The van der Waals surface area contributed by atoms with Crippen LogP contribution >= 0.6 is 0 Å². The van der Waals surface area contributed by atoms with Crippen LogP contribution < -0.4 is 0 Å². The van der Waals surface area contributed by atoms with Crippen molar-refractivity contribution in [1.82, 2.24) is 0 Å². The van der Waals surface area contributed by atoms with E-state index in [1.165, 1.54) is 0 Å². The first-order chi connectivity index (χ1) is 6.16. The molecule has 2 fully saturated rings. The number of rotatable bonds is 0. The maximum absolute atomic E-state index is 10.3. The zero-order valence-electron chi connectivity index (χ0n) is 9.28. The van der Waals surface area contributed by atoms with Gasteiger partial charge in [0.15, 0.2) is 0 Å². The predicted octanol–water partition coefficient (Wildman–Crippen LogP) is 0.525. The summed E-state index contributed by atoms with van der Waals surface area (Å²) in [4.78, 5) is 0. The van der Waals surface area contributed by atoms with Gasteiger partial charge in [-0.1, -0.05) is 20.8 Å². The molecule has 0 aromatic rings. The van der Waals surface area contributed by atoms with Gasteiger partial charge in [-0.15, -0.1) is 0 Å². The average Bonchev–Trinajstić information content (AvgIpc) is 2.26. The fourth-order valence-corrected chi connectivity index (χ4v) is 3.78. The molecule has 2 bridgehead atoms. The van der Waals surface area contributed by atoms with Crippen LogP contribution in [0.15, 0.2) is 0 Å². The standard InChI is InChI=1S/C11H20O3/c1-9(2)6-5-10(3,14)11(9,4)8(13)7(6)12/h6-8,12-14H,5H2,1-4H3/t6-,7-,8-,10+,11+/m0/s1. The van der Waals surface area contributed by atoms with Crippen LogP contribution in [-0.4, -0.2) is 33.1 Å². The van der Waals surface area contributed by atoms with Crippen molar-refractivity contribution in [3.8, 4) is 0 Å². The number of hydrogen-bond acceptors (Lipinski definition) is 3. The number of hydrogen-bond donors (Lipinski definition) is 3. The van der Waals surface area contributed by atoms with Gasteiger partial charge in [0.05, 0.1) is 17.8 Å². The van der Waals surface area contributed by atoms with Crippen molar-refractivity contribution in [3.63, 3.8) is 0 Å². The lowest BCUT2D eigenvalue weighted by Crippen LogP contribution is -2.55. The second-order valence-electron chi connectivity index (χ2n) is 5.94. The van der Waals surface area contributed by atoms with Crippen molar-refractivity contribution in [2.45, 2.75) is 51.9 Å². The Morgan fingerprint density at radius 3 is 1.86 bits per heavy atom. The average molecular weight is 200 g/mol. The minimum absolute atomic E-state index is 0.00231. The maximum Gasteiger partial charge on any atom is 0.0888 e. The summed E-state index contributed by atoms with van der Waals surface area (Å²) in [7, 11) is 0. The van der Waals surface area contributed by atoms with E-state index in [0.717, 1.165) is 0 Å². The first-order valence-corrected chi connectivity index (χ1v) is 5.25. The summed E-state index contributed by atoms with van der Waals surface area (Å²) in [5.74, 6) is -0.00231. The highest BCUT2D eigenvalue weighted by Crippen LogP contribution is 2.69. The molecule has 0 unspecified atom stereocenters. The Morgan fingerprint density at radius 1 is 1.07 bits per heavy atom. The molecule has 0 aromatic carbocycles. The van der Waals surface area contributed by atoms with Crippen LogP contribution in [0.2, 0.25) is 0 Å². The zero-order valence-corrected chi connectivity index (χ0v) is 9.28. The van der Waals surface area contributed by atoms with Gasteiger partial charge in [0.2, 0.25) is 0 Å². The lowest BCUT2D eigenvalue weighted by Gasteiger charge is -2.46. The van der Waals surface area contributed by atoms with E-state index >= 15 is 0 Å². The first kappa shape index (κ1) is 10.4. The molecule has 5 atom stereocenters. The third-order valence-electron chi connectivity index (χ3n) is 5.33. The van der Waals surface area contributed by atoms with Gasteiger partial charge in [0, 0.05) is 5.41 Å². The smallest absolute Gasteiger partial charge is 0.0888 e. The number of fused-ring (bicyclic) bond motifs is 2. The van der Waals surface area contributed by atoms with E-state index in [1.54, 1.807) is 6.92 Å². The summed E-state index contributed by atoms with van der Waals surface area (Å²) in [5, 5.41) is 30.2. The minimum atomic E-state index is -0.875. The van der Waals surface area contributed by atoms with E-state index in [1.807, 2.05) is 20.8 Å². The second kappa shape index (κ2) is 2.34. The van der Waals surface area contributed by atoms with E-state index < -0.39 is 23.2 Å². The molecule has 0 spiro atoms. The number of aliphatic hydroxyl groups excluding tert-OH is 2. The highest BCUT2D eigenvalue weighted by atomic mass is 16.3. The second-order valence-corrected chi connectivity index (χ2v) is 5.94. The van der Waals surface area contributed by atoms with Crippen LogP contribution in [0.3, 0.4) is 0 Å². The SMILES string of the molecule is CC1(C)[C@H]2C[C@@](C)(O)[C@]1(C)[C@@H](O)[C@H]2O. The molecule has 0 saturated heterocycles. The molecular weight excluding hydrogens is 180 g/mol. The van der Waals surface area contributed by atoms with Gasteiger partial charge in [0.25, 0.3) is 0 Å². The van der Waals surface area contributed by atoms with Crippen LogP contribution in [0.5, 0.6) is 0 Å². The van der Waals surface area contributed by atoms with Gasteiger partial charge in [-0.25, -0.2) is 0 Å². The molecule has 0 amide bonds. The predicted molar refractivity (Wildman–Crippen MR) is 52.6 cm³/mol. The van der Waals surface area contributed by atoms with Crippen molar-refractivity contribution in [1.29, 1.82) is 0 Å². The molecule has 2 rings (SSSR count). The zero-order chi connectivity index (χ0) is 10.9. The third-order valence-corrected chi connectivity index (χ3v) is 5.33.